The van der Waals surface area contributed by atoms with Crippen molar-refractivity contribution in [2.75, 3.05) is 0 Å². The minimum atomic E-state index is -0.579. The first-order valence-electron chi connectivity index (χ1n) is 4.74. The fraction of sp³-hybridized carbons (Fsp3) is 0.0769. The van der Waals surface area contributed by atoms with Crippen LogP contribution in [-0.4, -0.2) is 11.9 Å². The zero-order valence-corrected chi connectivity index (χ0v) is 8.97. The van der Waals surface area contributed by atoms with Crippen LogP contribution in [0.2, 0.25) is 0 Å². The molecule has 0 radical (unpaired) electrons. The van der Waals surface area contributed by atoms with Crippen molar-refractivity contribution in [3.8, 4) is 0 Å². The van der Waals surface area contributed by atoms with Gasteiger partial charge in [0.15, 0.2) is 0 Å². The van der Waals surface area contributed by atoms with Crippen molar-refractivity contribution in [2.24, 2.45) is 0 Å². The van der Waals surface area contributed by atoms with Crippen molar-refractivity contribution < 1.29 is 14.3 Å². The van der Waals surface area contributed by atoms with Gasteiger partial charge in [0.2, 0.25) is 0 Å². The van der Waals surface area contributed by atoms with Crippen molar-refractivity contribution in [3.05, 3.63) is 54.6 Å². The highest BCUT2D eigenvalue weighted by atomic mass is 16.6. The number of hydrogen-bond acceptors (Lipinski definition) is 3. The van der Waals surface area contributed by atoms with E-state index in [0.717, 1.165) is 17.7 Å². The van der Waals surface area contributed by atoms with E-state index in [-0.39, 0.29) is 0 Å². The molecule has 3 heteroatoms. The van der Waals surface area contributed by atoms with Crippen LogP contribution in [0.3, 0.4) is 0 Å². The predicted molar refractivity (Wildman–Crippen MR) is 61.4 cm³/mol. The Kier molecular flexibility index (Phi) is 4.21. The number of cyclic esters (lactones) is 2. The van der Waals surface area contributed by atoms with Crippen LogP contribution in [0, 0.1) is 0 Å². The van der Waals surface area contributed by atoms with E-state index in [1.54, 1.807) is 0 Å². The number of rotatable bonds is 1. The van der Waals surface area contributed by atoms with Crippen LogP contribution >= 0.6 is 0 Å². The lowest BCUT2D eigenvalue weighted by Crippen LogP contribution is -1.96. The molecule has 0 saturated heterocycles. The first-order chi connectivity index (χ1) is 7.59. The molecule has 1 aliphatic heterocycles. The number of benzene rings is 1. The lowest BCUT2D eigenvalue weighted by molar-refractivity contribution is -0.150. The summed E-state index contributed by atoms with van der Waals surface area (Å²) < 4.78 is 3.97. The van der Waals surface area contributed by atoms with Gasteiger partial charge in [-0.05, 0) is 12.5 Å². The Bertz CT molecular complexity index is 414. The van der Waals surface area contributed by atoms with Crippen molar-refractivity contribution >= 4 is 17.5 Å². The van der Waals surface area contributed by atoms with E-state index >= 15 is 0 Å². The molecule has 1 aromatic carbocycles. The van der Waals surface area contributed by atoms with E-state index in [2.05, 4.69) is 23.4 Å². The third kappa shape index (κ3) is 3.92. The Labute approximate surface area is 94.0 Å². The molecule has 0 amide bonds. The summed E-state index contributed by atoms with van der Waals surface area (Å²) in [5.41, 5.74) is 2.34. The highest BCUT2D eigenvalue weighted by molar-refractivity contribution is 6.04. The molecule has 1 heterocycles. The topological polar surface area (TPSA) is 43.4 Å². The monoisotopic (exact) mass is 216 g/mol. The van der Waals surface area contributed by atoms with Gasteiger partial charge in [0.1, 0.15) is 0 Å². The first-order valence-corrected chi connectivity index (χ1v) is 4.74. The summed E-state index contributed by atoms with van der Waals surface area (Å²) >= 11 is 0. The highest BCUT2D eigenvalue weighted by Crippen LogP contribution is 2.08. The molecule has 0 fully saturated rings. The predicted octanol–water partition coefficient (Wildman–Crippen LogP) is 2.35. The first kappa shape index (κ1) is 11.9. The molecule has 3 nitrogen and oxygen atoms in total. The van der Waals surface area contributed by atoms with Gasteiger partial charge in [-0.1, -0.05) is 42.5 Å². The Morgan fingerprint density at radius 3 is 1.81 bits per heavy atom. The summed E-state index contributed by atoms with van der Waals surface area (Å²) in [5, 5.41) is 0. The number of carbonyl (C=O) groups is 2. The Morgan fingerprint density at radius 2 is 1.56 bits per heavy atom. The molecular formula is C13H12O3. The third-order valence-corrected chi connectivity index (χ3v) is 1.82. The maximum atomic E-state index is 9.92. The maximum absolute atomic E-state index is 9.92. The molecule has 1 aliphatic rings. The van der Waals surface area contributed by atoms with Crippen LogP contribution in [0.1, 0.15) is 12.5 Å². The zero-order valence-electron chi connectivity index (χ0n) is 8.97. The zero-order chi connectivity index (χ0) is 12.0. The van der Waals surface area contributed by atoms with Crippen LogP contribution in [0.5, 0.6) is 0 Å². The second kappa shape index (κ2) is 5.66. The van der Waals surface area contributed by atoms with Gasteiger partial charge in [-0.15, -0.1) is 0 Å². The van der Waals surface area contributed by atoms with Gasteiger partial charge in [0.25, 0.3) is 0 Å². The van der Waals surface area contributed by atoms with Crippen molar-refractivity contribution in [3.63, 3.8) is 0 Å². The Morgan fingerprint density at radius 1 is 1.06 bits per heavy atom. The van der Waals surface area contributed by atoms with Gasteiger partial charge < -0.3 is 4.74 Å². The van der Waals surface area contributed by atoms with Gasteiger partial charge in [-0.2, -0.15) is 0 Å². The average Bonchev–Trinajstić information content (AvgIpc) is 2.65. The van der Waals surface area contributed by atoms with E-state index in [4.69, 9.17) is 0 Å². The second-order valence-electron chi connectivity index (χ2n) is 3.22. The standard InChI is InChI=1S/C9H10.C4H2O3/c1-8(2)9-6-4-3-5-7-9;5-3-1-2-4(6)7-3/h3-7H,1H2,2H3;1-2H. The molecule has 0 unspecified atom stereocenters. The lowest BCUT2D eigenvalue weighted by Gasteiger charge is -1.94. The number of esters is 2. The van der Waals surface area contributed by atoms with Crippen molar-refractivity contribution in [1.29, 1.82) is 0 Å². The second-order valence-corrected chi connectivity index (χ2v) is 3.22. The highest BCUT2D eigenvalue weighted by Gasteiger charge is 2.10. The minimum absolute atomic E-state index is 0.579. The molecule has 0 N–H and O–H groups in total. The summed E-state index contributed by atoms with van der Waals surface area (Å²) in [4.78, 5) is 19.8. The largest absolute Gasteiger partial charge is 0.387 e. The quantitative estimate of drug-likeness (QED) is 0.534. The molecule has 1 aromatic rings. The molecule has 0 spiro atoms. The van der Waals surface area contributed by atoms with E-state index in [9.17, 15) is 9.59 Å². The van der Waals surface area contributed by atoms with Crippen LogP contribution in [0.25, 0.3) is 5.57 Å². The van der Waals surface area contributed by atoms with E-state index < -0.39 is 11.9 Å². The summed E-state index contributed by atoms with van der Waals surface area (Å²) in [6, 6.07) is 10.2. The molecular weight excluding hydrogens is 204 g/mol. The molecule has 0 aliphatic carbocycles. The number of ether oxygens (including phenoxy) is 1. The molecule has 0 atom stereocenters. The van der Waals surface area contributed by atoms with Gasteiger partial charge in [0.05, 0.1) is 0 Å². The number of allylic oxidation sites excluding steroid dienone is 1. The van der Waals surface area contributed by atoms with Crippen LogP contribution in [0.15, 0.2) is 49.1 Å². The van der Waals surface area contributed by atoms with E-state index in [0.29, 0.717) is 0 Å². The summed E-state index contributed by atoms with van der Waals surface area (Å²) in [5.74, 6) is -1.16. The van der Waals surface area contributed by atoms with Gasteiger partial charge in [-0.3, -0.25) is 0 Å². The van der Waals surface area contributed by atoms with Gasteiger partial charge in [0, 0.05) is 12.2 Å². The number of hydrogen-bond donors (Lipinski definition) is 0. The van der Waals surface area contributed by atoms with Gasteiger partial charge >= 0.3 is 11.9 Å². The molecule has 82 valence electrons. The summed E-state index contributed by atoms with van der Waals surface area (Å²) in [6.07, 6.45) is 2.17. The van der Waals surface area contributed by atoms with Crippen molar-refractivity contribution in [1.82, 2.24) is 0 Å². The molecule has 2 rings (SSSR count). The van der Waals surface area contributed by atoms with Crippen LogP contribution in [-0.2, 0) is 14.3 Å². The Balaban J connectivity index is 0.000000165. The summed E-state index contributed by atoms with van der Waals surface area (Å²) in [6.45, 7) is 5.83. The minimum Gasteiger partial charge on any atom is -0.387 e. The normalized spacial score (nSPS) is 12.8. The van der Waals surface area contributed by atoms with Crippen molar-refractivity contribution in [2.45, 2.75) is 6.92 Å². The third-order valence-electron chi connectivity index (χ3n) is 1.82. The van der Waals surface area contributed by atoms with E-state index in [1.807, 2.05) is 25.1 Å². The molecule has 16 heavy (non-hydrogen) atoms. The molecule has 0 aromatic heterocycles. The fourth-order valence-electron chi connectivity index (χ4n) is 1.03. The van der Waals surface area contributed by atoms with E-state index in [1.165, 1.54) is 5.56 Å². The van der Waals surface area contributed by atoms with Gasteiger partial charge in [-0.25, -0.2) is 9.59 Å². The average molecular weight is 216 g/mol. The molecule has 0 bridgehead atoms. The fourth-order valence-corrected chi connectivity index (χ4v) is 1.03. The van der Waals surface area contributed by atoms with Crippen LogP contribution in [0.4, 0.5) is 0 Å². The van der Waals surface area contributed by atoms with Crippen LogP contribution < -0.4 is 0 Å². The number of carbonyl (C=O) groups excluding carboxylic acids is 2. The molecule has 0 saturated carbocycles. The Hall–Kier alpha value is -2.16. The maximum Gasteiger partial charge on any atom is 0.338 e. The smallest absolute Gasteiger partial charge is 0.338 e. The lowest BCUT2D eigenvalue weighted by atomic mass is 10.1. The summed E-state index contributed by atoms with van der Waals surface area (Å²) in [7, 11) is 0. The SMILES string of the molecule is C=C(C)c1ccccc1.O=C1C=CC(=O)O1.